The summed E-state index contributed by atoms with van der Waals surface area (Å²) in [5.41, 5.74) is 2.01. The second-order valence-corrected chi connectivity index (χ2v) is 4.90. The maximum Gasteiger partial charge on any atom is 0.271 e. The van der Waals surface area contributed by atoms with E-state index in [9.17, 15) is 9.90 Å². The fourth-order valence-corrected chi connectivity index (χ4v) is 2.46. The Labute approximate surface area is 122 Å². The number of para-hydroxylation sites is 1. The van der Waals surface area contributed by atoms with Crippen molar-refractivity contribution < 1.29 is 5.11 Å². The van der Waals surface area contributed by atoms with E-state index in [2.05, 4.69) is 0 Å². The van der Waals surface area contributed by atoms with Crippen LogP contribution in [0.5, 0.6) is 0 Å². The lowest BCUT2D eigenvalue weighted by Crippen LogP contribution is -2.25. The molecule has 0 unspecified atom stereocenters. The van der Waals surface area contributed by atoms with Crippen LogP contribution in [0.4, 0.5) is 0 Å². The lowest BCUT2D eigenvalue weighted by Gasteiger charge is -2.19. The molecule has 1 aromatic heterocycles. The van der Waals surface area contributed by atoms with E-state index in [0.29, 0.717) is 5.69 Å². The van der Waals surface area contributed by atoms with Crippen molar-refractivity contribution in [2.24, 2.45) is 0 Å². The minimum Gasteiger partial charge on any atom is -0.368 e. The molecule has 2 aromatic carbocycles. The number of hydrogen-bond donors (Lipinski definition) is 1. The molecule has 0 saturated carbocycles. The minimum atomic E-state index is -0.908. The Balaban J connectivity index is 2.18. The van der Waals surface area contributed by atoms with Crippen molar-refractivity contribution in [2.75, 3.05) is 0 Å². The summed E-state index contributed by atoms with van der Waals surface area (Å²) >= 11 is 0. The van der Waals surface area contributed by atoms with Crippen molar-refractivity contribution in [3.05, 3.63) is 88.3 Å². The van der Waals surface area contributed by atoms with Gasteiger partial charge in [0.25, 0.3) is 5.56 Å². The Kier molecular flexibility index (Phi) is 3.46. The van der Waals surface area contributed by atoms with Crippen molar-refractivity contribution in [1.82, 2.24) is 9.36 Å². The molecule has 106 valence electrons. The second kappa shape index (κ2) is 5.42. The van der Waals surface area contributed by atoms with E-state index in [4.69, 9.17) is 0 Å². The molecule has 0 bridgehead atoms. The first-order valence-electron chi connectivity index (χ1n) is 6.78. The molecule has 3 aromatic rings. The number of aliphatic hydroxyl groups excluding tert-OH is 1. The van der Waals surface area contributed by atoms with Crippen LogP contribution < -0.4 is 5.56 Å². The SMILES string of the molecule is Cc1cc(=O)n(-c2ccccc2)n1[C@H](O)c1ccccc1. The molecule has 0 aliphatic carbocycles. The van der Waals surface area contributed by atoms with E-state index in [1.165, 1.54) is 10.7 Å². The highest BCUT2D eigenvalue weighted by Crippen LogP contribution is 2.18. The Bertz CT molecular complexity index is 789. The molecule has 1 heterocycles. The molecule has 1 N–H and O–H groups in total. The summed E-state index contributed by atoms with van der Waals surface area (Å²) in [6, 6.07) is 20.1. The number of aromatic nitrogens is 2. The van der Waals surface area contributed by atoms with Gasteiger partial charge in [-0.2, -0.15) is 0 Å². The molecule has 0 spiro atoms. The van der Waals surface area contributed by atoms with E-state index in [1.54, 1.807) is 4.68 Å². The van der Waals surface area contributed by atoms with Gasteiger partial charge in [-0.15, -0.1) is 0 Å². The smallest absolute Gasteiger partial charge is 0.271 e. The number of aliphatic hydroxyl groups is 1. The molecule has 0 aliphatic rings. The number of nitrogens with zero attached hydrogens (tertiary/aromatic N) is 2. The highest BCUT2D eigenvalue weighted by Gasteiger charge is 2.17. The van der Waals surface area contributed by atoms with E-state index in [1.807, 2.05) is 67.6 Å². The third-order valence-corrected chi connectivity index (χ3v) is 3.45. The second-order valence-electron chi connectivity index (χ2n) is 4.90. The zero-order valence-corrected chi connectivity index (χ0v) is 11.7. The van der Waals surface area contributed by atoms with Gasteiger partial charge in [-0.05, 0) is 19.1 Å². The summed E-state index contributed by atoms with van der Waals surface area (Å²) in [6.45, 7) is 1.81. The zero-order chi connectivity index (χ0) is 14.8. The predicted molar refractivity (Wildman–Crippen MR) is 81.6 cm³/mol. The number of benzene rings is 2. The van der Waals surface area contributed by atoms with E-state index in [-0.39, 0.29) is 5.56 Å². The van der Waals surface area contributed by atoms with Gasteiger partial charge in [0.15, 0.2) is 6.23 Å². The maximum absolute atomic E-state index is 12.2. The molecule has 4 heteroatoms. The lowest BCUT2D eigenvalue weighted by atomic mass is 10.2. The van der Waals surface area contributed by atoms with Crippen LogP contribution >= 0.6 is 0 Å². The van der Waals surface area contributed by atoms with E-state index in [0.717, 1.165) is 11.3 Å². The molecule has 21 heavy (non-hydrogen) atoms. The van der Waals surface area contributed by atoms with Crippen LogP contribution in [0.1, 0.15) is 17.5 Å². The predicted octanol–water partition coefficient (Wildman–Crippen LogP) is 2.49. The first kappa shape index (κ1) is 13.4. The summed E-state index contributed by atoms with van der Waals surface area (Å²) in [5.74, 6) is 0. The highest BCUT2D eigenvalue weighted by molar-refractivity contribution is 5.32. The normalized spacial score (nSPS) is 12.3. The molecular formula is C17H16N2O2. The number of rotatable bonds is 3. The van der Waals surface area contributed by atoms with Gasteiger partial charge in [0.2, 0.25) is 0 Å². The summed E-state index contributed by atoms with van der Waals surface area (Å²) < 4.78 is 3.10. The maximum atomic E-state index is 12.2. The standard InChI is InChI=1S/C17H16N2O2/c1-13-12-16(20)19(15-10-6-3-7-11-15)18(13)17(21)14-8-4-2-5-9-14/h2-12,17,21H,1H3/t17-/m1/s1. The molecule has 0 aliphatic heterocycles. The van der Waals surface area contributed by atoms with Crippen LogP contribution in [0.15, 0.2) is 71.5 Å². The average Bonchev–Trinajstić information content (AvgIpc) is 2.82. The van der Waals surface area contributed by atoms with Gasteiger partial charge in [-0.25, -0.2) is 9.36 Å². The molecule has 0 radical (unpaired) electrons. The van der Waals surface area contributed by atoms with Gasteiger partial charge in [0, 0.05) is 17.3 Å². The fraction of sp³-hybridized carbons (Fsp3) is 0.118. The Morgan fingerprint density at radius 2 is 1.52 bits per heavy atom. The van der Waals surface area contributed by atoms with Crippen LogP contribution in [0.3, 0.4) is 0 Å². The summed E-state index contributed by atoms with van der Waals surface area (Å²) in [5, 5.41) is 10.6. The van der Waals surface area contributed by atoms with Gasteiger partial charge in [-0.3, -0.25) is 4.79 Å². The quantitative estimate of drug-likeness (QED) is 0.801. The number of hydrogen-bond acceptors (Lipinski definition) is 2. The van der Waals surface area contributed by atoms with Crippen molar-refractivity contribution >= 4 is 0 Å². The average molecular weight is 280 g/mol. The first-order chi connectivity index (χ1) is 10.2. The molecule has 1 atom stereocenters. The summed E-state index contributed by atoms with van der Waals surface area (Å²) in [6.07, 6.45) is -0.908. The molecule has 0 saturated heterocycles. The summed E-state index contributed by atoms with van der Waals surface area (Å²) in [4.78, 5) is 12.2. The largest absolute Gasteiger partial charge is 0.368 e. The molecule has 3 rings (SSSR count). The van der Waals surface area contributed by atoms with Crippen LogP contribution in [0.2, 0.25) is 0 Å². The molecule has 0 amide bonds. The van der Waals surface area contributed by atoms with Gasteiger partial charge < -0.3 is 5.11 Å². The van der Waals surface area contributed by atoms with Gasteiger partial charge >= 0.3 is 0 Å². The van der Waals surface area contributed by atoms with Gasteiger partial charge in [0.1, 0.15) is 0 Å². The van der Waals surface area contributed by atoms with E-state index < -0.39 is 6.23 Å². The third kappa shape index (κ3) is 2.41. The fourth-order valence-electron chi connectivity index (χ4n) is 2.46. The Morgan fingerprint density at radius 3 is 2.14 bits per heavy atom. The first-order valence-corrected chi connectivity index (χ1v) is 6.78. The van der Waals surface area contributed by atoms with Crippen molar-refractivity contribution in [1.29, 1.82) is 0 Å². The van der Waals surface area contributed by atoms with Crippen LogP contribution in [0.25, 0.3) is 5.69 Å². The minimum absolute atomic E-state index is 0.159. The summed E-state index contributed by atoms with van der Waals surface area (Å²) in [7, 11) is 0. The van der Waals surface area contributed by atoms with Crippen molar-refractivity contribution in [3.8, 4) is 5.69 Å². The Hall–Kier alpha value is -2.59. The van der Waals surface area contributed by atoms with Crippen molar-refractivity contribution in [2.45, 2.75) is 13.2 Å². The lowest BCUT2D eigenvalue weighted by molar-refractivity contribution is 0.120. The number of aryl methyl sites for hydroxylation is 1. The topological polar surface area (TPSA) is 47.2 Å². The zero-order valence-electron chi connectivity index (χ0n) is 11.7. The van der Waals surface area contributed by atoms with Crippen LogP contribution in [-0.4, -0.2) is 14.5 Å². The van der Waals surface area contributed by atoms with Crippen molar-refractivity contribution in [3.63, 3.8) is 0 Å². The van der Waals surface area contributed by atoms with Crippen LogP contribution in [-0.2, 0) is 0 Å². The molecular weight excluding hydrogens is 264 g/mol. The van der Waals surface area contributed by atoms with E-state index >= 15 is 0 Å². The van der Waals surface area contributed by atoms with Crippen LogP contribution in [0, 0.1) is 6.92 Å². The molecule has 4 nitrogen and oxygen atoms in total. The molecule has 0 fully saturated rings. The van der Waals surface area contributed by atoms with Gasteiger partial charge in [0.05, 0.1) is 5.69 Å². The van der Waals surface area contributed by atoms with Gasteiger partial charge in [-0.1, -0.05) is 48.5 Å². The third-order valence-electron chi connectivity index (χ3n) is 3.45. The highest BCUT2D eigenvalue weighted by atomic mass is 16.3. The monoisotopic (exact) mass is 280 g/mol. The Morgan fingerprint density at radius 1 is 0.952 bits per heavy atom.